The van der Waals surface area contributed by atoms with Crippen LogP contribution in [0.2, 0.25) is 0 Å². The molecule has 0 saturated carbocycles. The maximum atomic E-state index is 14.7. The van der Waals surface area contributed by atoms with Crippen molar-refractivity contribution < 1.29 is 27.4 Å². The van der Waals surface area contributed by atoms with E-state index >= 15 is 0 Å². The number of nitrogens with zero attached hydrogens (tertiary/aromatic N) is 2. The Morgan fingerprint density at radius 1 is 1.03 bits per heavy atom. The van der Waals surface area contributed by atoms with Crippen molar-refractivity contribution in [1.29, 1.82) is 0 Å². The van der Waals surface area contributed by atoms with E-state index in [-0.39, 0.29) is 18.7 Å². The molecule has 0 aliphatic heterocycles. The van der Waals surface area contributed by atoms with Gasteiger partial charge in [-0.1, -0.05) is 18.2 Å². The molecule has 0 bridgehead atoms. The van der Waals surface area contributed by atoms with E-state index < -0.39 is 22.9 Å². The van der Waals surface area contributed by atoms with Gasteiger partial charge < -0.3 is 19.5 Å². The number of alkyl halides is 2. The monoisotopic (exact) mass is 463 g/mol. The minimum absolute atomic E-state index is 0.0414. The molecule has 0 aliphatic rings. The van der Waals surface area contributed by atoms with E-state index in [0.717, 1.165) is 6.07 Å². The van der Waals surface area contributed by atoms with Crippen molar-refractivity contribution >= 4 is 16.7 Å². The van der Waals surface area contributed by atoms with E-state index in [1.165, 1.54) is 19.2 Å². The maximum Gasteiger partial charge on any atom is 0.273 e. The summed E-state index contributed by atoms with van der Waals surface area (Å²) in [5.74, 6) is -2.37. The molecule has 0 amide bonds. The first-order chi connectivity index (χ1) is 15.4. The second-order valence-electron chi connectivity index (χ2n) is 8.41. The van der Waals surface area contributed by atoms with E-state index in [9.17, 15) is 13.2 Å². The van der Waals surface area contributed by atoms with Gasteiger partial charge in [0.1, 0.15) is 24.1 Å². The highest BCUT2D eigenvalue weighted by atomic mass is 19.3. The Bertz CT molecular complexity index is 1150. The number of halogens is 3. The fourth-order valence-electron chi connectivity index (χ4n) is 3.20. The van der Waals surface area contributed by atoms with Crippen LogP contribution in [0.5, 0.6) is 11.5 Å². The van der Waals surface area contributed by atoms with Crippen LogP contribution in [0.25, 0.3) is 10.9 Å². The van der Waals surface area contributed by atoms with Crippen molar-refractivity contribution in [3.05, 3.63) is 53.1 Å². The molecule has 0 radical (unpaired) electrons. The smallest absolute Gasteiger partial charge is 0.273 e. The molecule has 33 heavy (non-hydrogen) atoms. The average molecular weight is 464 g/mol. The molecule has 3 rings (SSSR count). The van der Waals surface area contributed by atoms with E-state index in [0.29, 0.717) is 41.0 Å². The number of fused-ring (bicyclic) bond motifs is 1. The lowest BCUT2D eigenvalue weighted by Crippen LogP contribution is -2.30. The van der Waals surface area contributed by atoms with Crippen LogP contribution in [0.15, 0.2) is 30.3 Å². The lowest BCUT2D eigenvalue weighted by atomic mass is 10.0. The molecule has 6 nitrogen and oxygen atoms in total. The summed E-state index contributed by atoms with van der Waals surface area (Å²) in [6.45, 7) is 6.40. The highest BCUT2D eigenvalue weighted by molar-refractivity contribution is 5.91. The van der Waals surface area contributed by atoms with E-state index in [1.54, 1.807) is 26.2 Å². The average Bonchev–Trinajstić information content (AvgIpc) is 2.75. The fraction of sp³-hybridized carbons (Fsp3) is 0.417. The molecule has 1 aromatic heterocycles. The van der Waals surface area contributed by atoms with Crippen LogP contribution in [0.3, 0.4) is 0 Å². The number of hydrogen-bond donors (Lipinski definition) is 1. The molecule has 1 N–H and O–H groups in total. The van der Waals surface area contributed by atoms with Crippen LogP contribution in [0.4, 0.5) is 19.0 Å². The first-order valence-electron chi connectivity index (χ1n) is 10.4. The Labute approximate surface area is 191 Å². The summed E-state index contributed by atoms with van der Waals surface area (Å²) in [5, 5.41) is 3.67. The minimum atomic E-state index is -3.28. The van der Waals surface area contributed by atoms with Gasteiger partial charge in [0, 0.05) is 37.6 Å². The molecular formula is C24H28F3N3O3. The highest BCUT2D eigenvalue weighted by Crippen LogP contribution is 2.35. The van der Waals surface area contributed by atoms with Gasteiger partial charge in [0.05, 0.1) is 23.8 Å². The van der Waals surface area contributed by atoms with Crippen LogP contribution in [-0.2, 0) is 17.2 Å². The van der Waals surface area contributed by atoms with Gasteiger partial charge in [0.25, 0.3) is 5.92 Å². The lowest BCUT2D eigenvalue weighted by Gasteiger charge is -2.24. The minimum Gasteiger partial charge on any atom is -0.493 e. The summed E-state index contributed by atoms with van der Waals surface area (Å²) in [4.78, 5) is 8.87. The lowest BCUT2D eigenvalue weighted by molar-refractivity contribution is -0.0151. The Morgan fingerprint density at radius 2 is 1.76 bits per heavy atom. The van der Waals surface area contributed by atoms with E-state index in [1.807, 2.05) is 13.8 Å². The van der Waals surface area contributed by atoms with Crippen LogP contribution in [-0.4, -0.2) is 36.4 Å². The molecule has 9 heteroatoms. The topological polar surface area (TPSA) is 65.5 Å². The molecule has 3 aromatic rings. The summed E-state index contributed by atoms with van der Waals surface area (Å²) in [5.41, 5.74) is -0.471. The van der Waals surface area contributed by atoms with Gasteiger partial charge in [-0.2, -0.15) is 0 Å². The standard InChI is InChI=1S/C24H28F3N3O3/c1-14-29-18-11-19(31-5)20(33-13-23(2,3)32-6)10-16(18)22(30-14)28-12-15-8-7-9-17(21(15)25)24(4,26)27/h7-11H,12-13H2,1-6H3,(H,28,29,30). The van der Waals surface area contributed by atoms with Gasteiger partial charge in [-0.3, -0.25) is 0 Å². The zero-order chi connectivity index (χ0) is 24.4. The van der Waals surface area contributed by atoms with Gasteiger partial charge in [-0.15, -0.1) is 0 Å². The fourth-order valence-corrected chi connectivity index (χ4v) is 3.20. The summed E-state index contributed by atoms with van der Waals surface area (Å²) < 4.78 is 58.9. The number of rotatable bonds is 9. The largest absolute Gasteiger partial charge is 0.493 e. The zero-order valence-electron chi connectivity index (χ0n) is 19.6. The third-order valence-electron chi connectivity index (χ3n) is 5.22. The molecule has 0 fully saturated rings. The number of nitrogens with one attached hydrogen (secondary N) is 1. The predicted octanol–water partition coefficient (Wildman–Crippen LogP) is 5.61. The quantitative estimate of drug-likeness (QED) is 0.445. The Balaban J connectivity index is 1.97. The molecule has 2 aromatic carbocycles. The van der Waals surface area contributed by atoms with E-state index in [4.69, 9.17) is 14.2 Å². The first kappa shape index (κ1) is 24.6. The van der Waals surface area contributed by atoms with Crippen molar-refractivity contribution in [3.8, 4) is 11.5 Å². The zero-order valence-corrected chi connectivity index (χ0v) is 19.6. The second-order valence-corrected chi connectivity index (χ2v) is 8.41. The van der Waals surface area contributed by atoms with E-state index in [2.05, 4.69) is 15.3 Å². The Hall–Kier alpha value is -3.07. The maximum absolute atomic E-state index is 14.7. The van der Waals surface area contributed by atoms with Crippen molar-refractivity contribution in [2.24, 2.45) is 0 Å². The third-order valence-corrected chi connectivity index (χ3v) is 5.22. The first-order valence-corrected chi connectivity index (χ1v) is 10.4. The van der Waals surface area contributed by atoms with Crippen LogP contribution < -0.4 is 14.8 Å². The van der Waals surface area contributed by atoms with Crippen molar-refractivity contribution in [1.82, 2.24) is 9.97 Å². The van der Waals surface area contributed by atoms with Gasteiger partial charge in [-0.25, -0.2) is 23.1 Å². The normalized spacial score (nSPS) is 12.2. The Kier molecular flexibility index (Phi) is 7.02. The number of anilines is 1. The van der Waals surface area contributed by atoms with Crippen molar-refractivity contribution in [3.63, 3.8) is 0 Å². The van der Waals surface area contributed by atoms with Gasteiger partial charge in [0.2, 0.25) is 0 Å². The second kappa shape index (κ2) is 9.43. The van der Waals surface area contributed by atoms with Crippen molar-refractivity contribution in [2.75, 3.05) is 26.1 Å². The van der Waals surface area contributed by atoms with Crippen LogP contribution in [0.1, 0.15) is 37.7 Å². The number of hydrogen-bond acceptors (Lipinski definition) is 6. The number of ether oxygens (including phenoxy) is 3. The van der Waals surface area contributed by atoms with Crippen LogP contribution >= 0.6 is 0 Å². The number of aryl methyl sites for hydroxylation is 1. The number of benzene rings is 2. The molecule has 0 spiro atoms. The van der Waals surface area contributed by atoms with Gasteiger partial charge in [0.15, 0.2) is 11.5 Å². The highest BCUT2D eigenvalue weighted by Gasteiger charge is 2.29. The molecule has 1 heterocycles. The predicted molar refractivity (Wildman–Crippen MR) is 121 cm³/mol. The molecule has 0 saturated heterocycles. The van der Waals surface area contributed by atoms with Gasteiger partial charge in [-0.05, 0) is 26.8 Å². The molecule has 178 valence electrons. The Morgan fingerprint density at radius 3 is 2.39 bits per heavy atom. The summed E-state index contributed by atoms with van der Waals surface area (Å²) in [6, 6.07) is 7.40. The third kappa shape index (κ3) is 5.65. The van der Waals surface area contributed by atoms with Gasteiger partial charge >= 0.3 is 0 Å². The molecule has 0 atom stereocenters. The molecular weight excluding hydrogens is 435 g/mol. The summed E-state index contributed by atoms with van der Waals surface area (Å²) >= 11 is 0. The number of methoxy groups -OCH3 is 2. The summed E-state index contributed by atoms with van der Waals surface area (Å²) in [7, 11) is 3.13. The van der Waals surface area contributed by atoms with Crippen molar-refractivity contribution in [2.45, 2.75) is 45.8 Å². The summed E-state index contributed by atoms with van der Waals surface area (Å²) in [6.07, 6.45) is 0. The number of aromatic nitrogens is 2. The molecule has 0 aliphatic carbocycles. The van der Waals surface area contributed by atoms with Crippen LogP contribution in [0, 0.1) is 12.7 Å². The molecule has 0 unspecified atom stereocenters. The SMILES string of the molecule is COc1cc2nc(C)nc(NCc3cccc(C(C)(F)F)c3F)c2cc1OCC(C)(C)OC.